The number of rotatable bonds is 6. The molecule has 4 nitrogen and oxygen atoms in total. The minimum atomic E-state index is -0.834. The Morgan fingerprint density at radius 3 is 2.63 bits per heavy atom. The molecule has 0 spiro atoms. The molecule has 100 valence electrons. The maximum absolute atomic E-state index is 12.8. The molecule has 1 aromatic heterocycles. The van der Waals surface area contributed by atoms with Gasteiger partial charge in [0.15, 0.2) is 0 Å². The van der Waals surface area contributed by atoms with Crippen molar-refractivity contribution in [2.24, 2.45) is 0 Å². The number of furan rings is 1. The zero-order valence-corrected chi connectivity index (χ0v) is 10.2. The van der Waals surface area contributed by atoms with Crippen molar-refractivity contribution in [3.8, 4) is 11.3 Å². The molecule has 2 rings (SSSR count). The topological polar surface area (TPSA) is 62.5 Å². The standard InChI is InChI=1S/C14H14FNO3/c15-11-3-1-10(2-4-11)13-6-5-12(19-13)9-16-8-7-14(17)18/h1-6,16H,7-9H2,(H,17,18). The Morgan fingerprint density at radius 2 is 1.95 bits per heavy atom. The summed E-state index contributed by atoms with van der Waals surface area (Å²) in [5.41, 5.74) is 0.804. The first kappa shape index (κ1) is 13.3. The van der Waals surface area contributed by atoms with Gasteiger partial charge in [0.25, 0.3) is 0 Å². The lowest BCUT2D eigenvalue weighted by molar-refractivity contribution is -0.136. The molecule has 0 saturated heterocycles. The molecular weight excluding hydrogens is 249 g/mol. The fraction of sp³-hybridized carbons (Fsp3) is 0.214. The molecule has 0 radical (unpaired) electrons. The van der Waals surface area contributed by atoms with Gasteiger partial charge in [-0.15, -0.1) is 0 Å². The van der Waals surface area contributed by atoms with E-state index in [1.807, 2.05) is 6.07 Å². The molecule has 1 aromatic carbocycles. The maximum atomic E-state index is 12.8. The number of hydrogen-bond donors (Lipinski definition) is 2. The summed E-state index contributed by atoms with van der Waals surface area (Å²) >= 11 is 0. The van der Waals surface area contributed by atoms with Crippen LogP contribution in [0.4, 0.5) is 4.39 Å². The van der Waals surface area contributed by atoms with E-state index in [0.29, 0.717) is 24.6 Å². The predicted molar refractivity (Wildman–Crippen MR) is 68.1 cm³/mol. The van der Waals surface area contributed by atoms with Crippen LogP contribution in [0.25, 0.3) is 11.3 Å². The second-order valence-electron chi connectivity index (χ2n) is 4.09. The summed E-state index contributed by atoms with van der Waals surface area (Å²) < 4.78 is 18.4. The Hall–Kier alpha value is -2.14. The normalized spacial score (nSPS) is 10.6. The van der Waals surface area contributed by atoms with Gasteiger partial charge in [0.05, 0.1) is 13.0 Å². The summed E-state index contributed by atoms with van der Waals surface area (Å²) in [5, 5.41) is 11.5. The molecule has 0 unspecified atom stereocenters. The quantitative estimate of drug-likeness (QED) is 0.786. The summed E-state index contributed by atoms with van der Waals surface area (Å²) in [4.78, 5) is 10.3. The van der Waals surface area contributed by atoms with Crippen LogP contribution in [0, 0.1) is 5.82 Å². The van der Waals surface area contributed by atoms with E-state index >= 15 is 0 Å². The largest absolute Gasteiger partial charge is 0.481 e. The van der Waals surface area contributed by atoms with Crippen LogP contribution < -0.4 is 5.32 Å². The van der Waals surface area contributed by atoms with E-state index in [9.17, 15) is 9.18 Å². The molecule has 1 heterocycles. The number of nitrogens with one attached hydrogen (secondary N) is 1. The van der Waals surface area contributed by atoms with Crippen molar-refractivity contribution < 1.29 is 18.7 Å². The number of carbonyl (C=O) groups is 1. The first-order valence-electron chi connectivity index (χ1n) is 5.92. The number of halogens is 1. The molecule has 0 aliphatic rings. The van der Waals surface area contributed by atoms with Crippen LogP contribution in [-0.4, -0.2) is 17.6 Å². The van der Waals surface area contributed by atoms with Gasteiger partial charge in [0, 0.05) is 12.1 Å². The third-order valence-corrected chi connectivity index (χ3v) is 2.61. The van der Waals surface area contributed by atoms with Crippen molar-refractivity contribution >= 4 is 5.97 Å². The maximum Gasteiger partial charge on any atom is 0.304 e. The smallest absolute Gasteiger partial charge is 0.304 e. The van der Waals surface area contributed by atoms with Crippen LogP contribution in [0.5, 0.6) is 0 Å². The molecule has 0 fully saturated rings. The Labute approximate surface area is 109 Å². The lowest BCUT2D eigenvalue weighted by Gasteiger charge is -2.00. The second-order valence-corrected chi connectivity index (χ2v) is 4.09. The monoisotopic (exact) mass is 263 g/mol. The SMILES string of the molecule is O=C(O)CCNCc1ccc(-c2ccc(F)cc2)o1. The van der Waals surface area contributed by atoms with Crippen molar-refractivity contribution in [1.82, 2.24) is 5.32 Å². The van der Waals surface area contributed by atoms with Gasteiger partial charge in [-0.25, -0.2) is 4.39 Å². The Bertz CT molecular complexity index is 548. The average molecular weight is 263 g/mol. The summed E-state index contributed by atoms with van der Waals surface area (Å²) in [7, 11) is 0. The van der Waals surface area contributed by atoms with E-state index in [0.717, 1.165) is 5.56 Å². The molecule has 0 bridgehead atoms. The van der Waals surface area contributed by atoms with Gasteiger partial charge in [-0.05, 0) is 36.4 Å². The number of benzene rings is 1. The fourth-order valence-corrected chi connectivity index (χ4v) is 1.65. The van der Waals surface area contributed by atoms with E-state index in [1.54, 1.807) is 18.2 Å². The molecule has 0 saturated carbocycles. The van der Waals surface area contributed by atoms with Gasteiger partial charge >= 0.3 is 5.97 Å². The average Bonchev–Trinajstić information content (AvgIpc) is 2.84. The Morgan fingerprint density at radius 1 is 1.21 bits per heavy atom. The first-order valence-corrected chi connectivity index (χ1v) is 5.92. The number of carboxylic acids is 1. The van der Waals surface area contributed by atoms with Gasteiger partial charge in [-0.2, -0.15) is 0 Å². The van der Waals surface area contributed by atoms with Crippen molar-refractivity contribution in [3.05, 3.63) is 48.0 Å². The summed E-state index contributed by atoms with van der Waals surface area (Å²) in [6, 6.07) is 9.67. The lowest BCUT2D eigenvalue weighted by atomic mass is 10.2. The molecule has 0 atom stereocenters. The lowest BCUT2D eigenvalue weighted by Crippen LogP contribution is -2.17. The van der Waals surface area contributed by atoms with Gasteiger partial charge in [0.1, 0.15) is 17.3 Å². The zero-order chi connectivity index (χ0) is 13.7. The van der Waals surface area contributed by atoms with Crippen molar-refractivity contribution in [2.75, 3.05) is 6.54 Å². The van der Waals surface area contributed by atoms with Crippen LogP contribution in [-0.2, 0) is 11.3 Å². The van der Waals surface area contributed by atoms with Gasteiger partial charge in [0.2, 0.25) is 0 Å². The molecule has 2 aromatic rings. The summed E-state index contributed by atoms with van der Waals surface area (Å²) in [6.07, 6.45) is 0.0749. The Kier molecular flexibility index (Phi) is 4.30. The number of carboxylic acid groups (broad SMARTS) is 1. The molecule has 0 aliphatic carbocycles. The molecule has 19 heavy (non-hydrogen) atoms. The van der Waals surface area contributed by atoms with Crippen molar-refractivity contribution in [2.45, 2.75) is 13.0 Å². The van der Waals surface area contributed by atoms with Gasteiger partial charge in [-0.1, -0.05) is 0 Å². The van der Waals surface area contributed by atoms with Crippen LogP contribution >= 0.6 is 0 Å². The summed E-state index contributed by atoms with van der Waals surface area (Å²) in [5.74, 6) is 0.254. The third kappa shape index (κ3) is 3.93. The highest BCUT2D eigenvalue weighted by molar-refractivity contribution is 5.66. The number of hydrogen-bond acceptors (Lipinski definition) is 3. The highest BCUT2D eigenvalue weighted by atomic mass is 19.1. The molecular formula is C14H14FNO3. The zero-order valence-electron chi connectivity index (χ0n) is 10.2. The van der Waals surface area contributed by atoms with E-state index in [-0.39, 0.29) is 12.2 Å². The minimum Gasteiger partial charge on any atom is -0.481 e. The second kappa shape index (κ2) is 6.15. The van der Waals surface area contributed by atoms with Gasteiger partial charge in [-0.3, -0.25) is 4.79 Å². The molecule has 0 aliphatic heterocycles. The number of aliphatic carboxylic acids is 1. The van der Waals surface area contributed by atoms with E-state index in [1.165, 1.54) is 12.1 Å². The molecule has 2 N–H and O–H groups in total. The van der Waals surface area contributed by atoms with E-state index < -0.39 is 5.97 Å². The third-order valence-electron chi connectivity index (χ3n) is 2.61. The summed E-state index contributed by atoms with van der Waals surface area (Å²) in [6.45, 7) is 0.858. The van der Waals surface area contributed by atoms with Crippen molar-refractivity contribution in [3.63, 3.8) is 0 Å². The van der Waals surface area contributed by atoms with Crippen LogP contribution in [0.1, 0.15) is 12.2 Å². The highest BCUT2D eigenvalue weighted by Crippen LogP contribution is 2.22. The van der Waals surface area contributed by atoms with E-state index in [2.05, 4.69) is 5.32 Å². The molecule has 0 amide bonds. The fourth-order valence-electron chi connectivity index (χ4n) is 1.65. The van der Waals surface area contributed by atoms with Crippen LogP contribution in [0.2, 0.25) is 0 Å². The first-order chi connectivity index (χ1) is 9.15. The molecule has 5 heteroatoms. The van der Waals surface area contributed by atoms with Gasteiger partial charge < -0.3 is 14.8 Å². The highest BCUT2D eigenvalue weighted by Gasteiger charge is 2.05. The van der Waals surface area contributed by atoms with E-state index in [4.69, 9.17) is 9.52 Å². The van der Waals surface area contributed by atoms with Crippen molar-refractivity contribution in [1.29, 1.82) is 0 Å². The van der Waals surface area contributed by atoms with Crippen LogP contribution in [0.3, 0.4) is 0 Å². The van der Waals surface area contributed by atoms with Crippen LogP contribution in [0.15, 0.2) is 40.8 Å². The Balaban J connectivity index is 1.91. The predicted octanol–water partition coefficient (Wildman–Crippen LogP) is 2.65. The minimum absolute atomic E-state index is 0.0749.